The van der Waals surface area contributed by atoms with E-state index in [9.17, 15) is 9.59 Å². The number of carboxylic acid groups (broad SMARTS) is 1. The molecular weight excluding hydrogens is 322 g/mol. The average Bonchev–Trinajstić information content (AvgIpc) is 2.74. The zero-order valence-corrected chi connectivity index (χ0v) is 11.9. The smallest absolute Gasteiger partial charge is 0.306 e. The van der Waals surface area contributed by atoms with Gasteiger partial charge in [0.2, 0.25) is 0 Å². The zero-order valence-electron chi connectivity index (χ0n) is 9.47. The molecule has 5 nitrogen and oxygen atoms in total. The number of carbonyl (C=O) groups excluding carboxylic acids is 1. The molecule has 1 saturated heterocycles. The second-order valence-electron chi connectivity index (χ2n) is 3.95. The van der Waals surface area contributed by atoms with Crippen molar-refractivity contribution in [1.82, 2.24) is 4.90 Å². The molecule has 7 heteroatoms. The van der Waals surface area contributed by atoms with Crippen molar-refractivity contribution in [3.8, 4) is 0 Å². The number of amides is 1. The molecule has 1 aliphatic rings. The van der Waals surface area contributed by atoms with Gasteiger partial charge in [0.25, 0.3) is 5.91 Å². The lowest BCUT2D eigenvalue weighted by Crippen LogP contribution is -2.46. The number of ether oxygens (including phenoxy) is 1. The molecule has 1 fully saturated rings. The molecule has 1 amide bonds. The van der Waals surface area contributed by atoms with Crippen LogP contribution in [0.15, 0.2) is 15.9 Å². The summed E-state index contributed by atoms with van der Waals surface area (Å²) < 4.78 is 6.23. The third-order valence-corrected chi connectivity index (χ3v) is 4.22. The number of thiophene rings is 1. The van der Waals surface area contributed by atoms with Gasteiger partial charge >= 0.3 is 5.97 Å². The van der Waals surface area contributed by atoms with E-state index in [1.165, 1.54) is 11.3 Å². The molecule has 2 heterocycles. The Morgan fingerprint density at radius 1 is 1.56 bits per heavy atom. The summed E-state index contributed by atoms with van der Waals surface area (Å²) in [5.41, 5.74) is 0. The second kappa shape index (κ2) is 5.81. The minimum atomic E-state index is -0.909. The first-order valence-electron chi connectivity index (χ1n) is 5.44. The molecule has 1 aromatic rings. The van der Waals surface area contributed by atoms with Gasteiger partial charge in [-0.2, -0.15) is 0 Å². The van der Waals surface area contributed by atoms with Crippen LogP contribution in [-0.4, -0.2) is 47.7 Å². The van der Waals surface area contributed by atoms with Crippen molar-refractivity contribution in [1.29, 1.82) is 0 Å². The molecule has 1 aromatic heterocycles. The summed E-state index contributed by atoms with van der Waals surface area (Å²) in [5, 5.41) is 8.72. The van der Waals surface area contributed by atoms with Crippen LogP contribution in [-0.2, 0) is 9.53 Å². The van der Waals surface area contributed by atoms with Gasteiger partial charge in [0.1, 0.15) is 0 Å². The lowest BCUT2D eigenvalue weighted by atomic mass is 10.2. The molecule has 0 aromatic carbocycles. The Hall–Kier alpha value is -0.920. The van der Waals surface area contributed by atoms with Gasteiger partial charge in [-0.3, -0.25) is 9.59 Å². The number of rotatable bonds is 3. The van der Waals surface area contributed by atoms with Crippen LogP contribution in [0.1, 0.15) is 16.1 Å². The second-order valence-corrected chi connectivity index (χ2v) is 6.41. The minimum Gasteiger partial charge on any atom is -0.481 e. The van der Waals surface area contributed by atoms with Crippen molar-refractivity contribution in [3.05, 3.63) is 20.8 Å². The Labute approximate surface area is 116 Å². The average molecular weight is 334 g/mol. The lowest BCUT2D eigenvalue weighted by molar-refractivity contribution is -0.141. The lowest BCUT2D eigenvalue weighted by Gasteiger charge is -2.32. The molecule has 1 N–H and O–H groups in total. The van der Waals surface area contributed by atoms with E-state index >= 15 is 0 Å². The van der Waals surface area contributed by atoms with Gasteiger partial charge < -0.3 is 14.7 Å². The highest BCUT2D eigenvalue weighted by Gasteiger charge is 2.27. The van der Waals surface area contributed by atoms with Gasteiger partial charge in [0.15, 0.2) is 0 Å². The largest absolute Gasteiger partial charge is 0.481 e. The first-order valence-corrected chi connectivity index (χ1v) is 7.05. The van der Waals surface area contributed by atoms with Gasteiger partial charge in [0, 0.05) is 13.1 Å². The molecule has 0 saturated carbocycles. The number of morpholine rings is 1. The first kappa shape index (κ1) is 13.5. The van der Waals surface area contributed by atoms with Gasteiger partial charge in [-0.15, -0.1) is 11.3 Å². The maximum atomic E-state index is 12.2. The molecule has 1 atom stereocenters. The number of hydrogen-bond acceptors (Lipinski definition) is 4. The number of carbonyl (C=O) groups is 2. The fourth-order valence-corrected chi connectivity index (χ4v) is 3.16. The van der Waals surface area contributed by atoms with Gasteiger partial charge in [0.05, 0.1) is 27.8 Å². The summed E-state index contributed by atoms with van der Waals surface area (Å²) in [6.45, 7) is 1.22. The number of nitrogens with zero attached hydrogens (tertiary/aromatic N) is 1. The summed E-state index contributed by atoms with van der Waals surface area (Å²) in [7, 11) is 0. The Kier molecular flexibility index (Phi) is 4.36. The normalized spacial score (nSPS) is 19.8. The van der Waals surface area contributed by atoms with Crippen molar-refractivity contribution in [2.24, 2.45) is 0 Å². The number of aliphatic carboxylic acids is 1. The molecule has 0 aliphatic carbocycles. The standard InChI is InChI=1S/C11H12BrNO4S/c12-9-2-1-8(18-9)11(16)13-3-4-17-7(6-13)5-10(14)15/h1-2,7H,3-6H2,(H,14,15). The molecule has 0 bridgehead atoms. The third-order valence-electron chi connectivity index (χ3n) is 2.61. The first-order chi connectivity index (χ1) is 8.56. The highest BCUT2D eigenvalue weighted by atomic mass is 79.9. The van der Waals surface area contributed by atoms with E-state index < -0.39 is 12.1 Å². The van der Waals surface area contributed by atoms with Crippen LogP contribution >= 0.6 is 27.3 Å². The van der Waals surface area contributed by atoms with E-state index in [0.717, 1.165) is 3.79 Å². The monoisotopic (exact) mass is 333 g/mol. The van der Waals surface area contributed by atoms with Crippen molar-refractivity contribution in [2.45, 2.75) is 12.5 Å². The third kappa shape index (κ3) is 3.30. The Bertz CT molecular complexity index is 462. The van der Waals surface area contributed by atoms with Crippen LogP contribution in [0.5, 0.6) is 0 Å². The van der Waals surface area contributed by atoms with Crippen molar-refractivity contribution < 1.29 is 19.4 Å². The maximum absolute atomic E-state index is 12.2. The van der Waals surface area contributed by atoms with Crippen LogP contribution in [0.4, 0.5) is 0 Å². The van der Waals surface area contributed by atoms with Crippen LogP contribution in [0.3, 0.4) is 0 Å². The molecular formula is C11H12BrNO4S. The Balaban J connectivity index is 2.00. The maximum Gasteiger partial charge on any atom is 0.306 e. The van der Waals surface area contributed by atoms with Gasteiger partial charge in [-0.25, -0.2) is 0 Å². The molecule has 0 radical (unpaired) electrons. The van der Waals surface area contributed by atoms with Crippen molar-refractivity contribution in [3.63, 3.8) is 0 Å². The van der Waals surface area contributed by atoms with E-state index in [4.69, 9.17) is 9.84 Å². The quantitative estimate of drug-likeness (QED) is 0.916. The molecule has 0 spiro atoms. The number of carboxylic acids is 1. The van der Waals surface area contributed by atoms with Gasteiger partial charge in [-0.1, -0.05) is 0 Å². The highest BCUT2D eigenvalue weighted by molar-refractivity contribution is 9.11. The molecule has 18 heavy (non-hydrogen) atoms. The topological polar surface area (TPSA) is 66.8 Å². The molecule has 2 rings (SSSR count). The summed E-state index contributed by atoms with van der Waals surface area (Å²) in [4.78, 5) is 25.1. The fourth-order valence-electron chi connectivity index (χ4n) is 1.81. The Morgan fingerprint density at radius 3 is 2.94 bits per heavy atom. The summed E-state index contributed by atoms with van der Waals surface area (Å²) in [5.74, 6) is -0.974. The van der Waals surface area contributed by atoms with Crippen LogP contribution < -0.4 is 0 Å². The highest BCUT2D eigenvalue weighted by Crippen LogP contribution is 2.24. The summed E-state index contributed by atoms with van der Waals surface area (Å²) >= 11 is 4.69. The minimum absolute atomic E-state index is 0.0654. The van der Waals surface area contributed by atoms with Crippen LogP contribution in [0.25, 0.3) is 0 Å². The Morgan fingerprint density at radius 2 is 2.33 bits per heavy atom. The van der Waals surface area contributed by atoms with Gasteiger partial charge in [-0.05, 0) is 28.1 Å². The summed E-state index contributed by atoms with van der Waals surface area (Å²) in [6, 6.07) is 3.59. The predicted molar refractivity (Wildman–Crippen MR) is 69.9 cm³/mol. The molecule has 1 aliphatic heterocycles. The van der Waals surface area contributed by atoms with E-state index in [-0.39, 0.29) is 12.3 Å². The fraction of sp³-hybridized carbons (Fsp3) is 0.455. The van der Waals surface area contributed by atoms with E-state index in [1.54, 1.807) is 11.0 Å². The zero-order chi connectivity index (χ0) is 13.1. The SMILES string of the molecule is O=C(O)CC1CN(C(=O)c2ccc(Br)s2)CCO1. The predicted octanol–water partition coefficient (Wildman–Crippen LogP) is 1.83. The van der Waals surface area contributed by atoms with Crippen LogP contribution in [0.2, 0.25) is 0 Å². The molecule has 98 valence electrons. The molecule has 1 unspecified atom stereocenters. The van der Waals surface area contributed by atoms with E-state index in [0.29, 0.717) is 24.6 Å². The van der Waals surface area contributed by atoms with Crippen LogP contribution in [0, 0.1) is 0 Å². The van der Waals surface area contributed by atoms with Crippen molar-refractivity contribution in [2.75, 3.05) is 19.7 Å². The number of halogens is 1. The number of hydrogen-bond donors (Lipinski definition) is 1. The summed E-state index contributed by atoms with van der Waals surface area (Å²) in [6.07, 6.45) is -0.485. The van der Waals surface area contributed by atoms with E-state index in [2.05, 4.69) is 15.9 Å². The van der Waals surface area contributed by atoms with E-state index in [1.807, 2.05) is 6.07 Å². The van der Waals surface area contributed by atoms with Crippen molar-refractivity contribution >= 4 is 39.1 Å².